The minimum atomic E-state index is -0.265. The Balaban J connectivity index is 1.44. The molecule has 3 aliphatic carbocycles. The first-order valence-electron chi connectivity index (χ1n) is 12.0. The number of nitrogens with zero attached hydrogens (tertiary/aromatic N) is 1. The van der Waals surface area contributed by atoms with Crippen molar-refractivity contribution in [3.05, 3.63) is 29.8 Å². The zero-order valence-electron chi connectivity index (χ0n) is 19.6. The van der Waals surface area contributed by atoms with Gasteiger partial charge in [0.2, 0.25) is 0 Å². The summed E-state index contributed by atoms with van der Waals surface area (Å²) in [7, 11) is 0. The maximum absolute atomic E-state index is 13.2. The Morgan fingerprint density at radius 1 is 1.06 bits per heavy atom. The average Bonchev–Trinajstić information content (AvgIpc) is 3.08. The van der Waals surface area contributed by atoms with Crippen LogP contribution in [0.15, 0.2) is 24.3 Å². The summed E-state index contributed by atoms with van der Waals surface area (Å²) in [4.78, 5) is 27.9. The van der Waals surface area contributed by atoms with Gasteiger partial charge in [0.15, 0.2) is 0 Å². The van der Waals surface area contributed by atoms with Crippen LogP contribution in [0.3, 0.4) is 0 Å². The summed E-state index contributed by atoms with van der Waals surface area (Å²) in [5.41, 5.74) is 2.14. The molecule has 0 aromatic heterocycles. The lowest BCUT2D eigenvalue weighted by Gasteiger charge is -2.39. The molecule has 1 N–H and O–H groups in total. The molecule has 170 valence electrons. The maximum Gasteiger partial charge on any atom is 0.326 e. The minimum Gasteiger partial charge on any atom is -0.460 e. The lowest BCUT2D eigenvalue weighted by molar-refractivity contribution is -0.158. The summed E-state index contributed by atoms with van der Waals surface area (Å²) >= 11 is 0. The Kier molecular flexibility index (Phi) is 6.06. The molecule has 3 saturated carbocycles. The lowest BCUT2D eigenvalue weighted by atomic mass is 9.70. The standard InChI is InChI=1S/C26H38N2O3/c1-18-10-12-20(13-11-18)27-24(30)28(21-8-6-5-7-9-21)17-23(29)31-22-16-19-14-15-26(22,4)25(19,2)3/h10-13,19,21-22H,5-9,14-17H2,1-4H3,(H,27,30)/t19-,22+,26+/m0/s1. The average molecular weight is 427 g/mol. The van der Waals surface area contributed by atoms with Gasteiger partial charge in [-0.1, -0.05) is 57.7 Å². The molecule has 1 aromatic rings. The van der Waals surface area contributed by atoms with Crippen LogP contribution in [-0.2, 0) is 9.53 Å². The van der Waals surface area contributed by atoms with Crippen molar-refractivity contribution in [1.29, 1.82) is 0 Å². The quantitative estimate of drug-likeness (QED) is 0.595. The van der Waals surface area contributed by atoms with E-state index in [1.807, 2.05) is 31.2 Å². The third kappa shape index (κ3) is 4.20. The van der Waals surface area contributed by atoms with Crippen molar-refractivity contribution < 1.29 is 14.3 Å². The smallest absolute Gasteiger partial charge is 0.326 e. The van der Waals surface area contributed by atoms with E-state index in [0.29, 0.717) is 5.92 Å². The van der Waals surface area contributed by atoms with E-state index >= 15 is 0 Å². The maximum atomic E-state index is 13.2. The van der Waals surface area contributed by atoms with Crippen molar-refractivity contribution in [2.45, 2.75) is 91.2 Å². The second-order valence-electron chi connectivity index (χ2n) is 10.8. The van der Waals surface area contributed by atoms with Crippen molar-refractivity contribution >= 4 is 17.7 Å². The molecule has 3 fully saturated rings. The van der Waals surface area contributed by atoms with Gasteiger partial charge in [-0.25, -0.2) is 4.79 Å². The Bertz CT molecular complexity index is 812. The number of esters is 1. The largest absolute Gasteiger partial charge is 0.460 e. The number of anilines is 1. The number of hydrogen-bond acceptors (Lipinski definition) is 3. The molecule has 0 radical (unpaired) electrons. The van der Waals surface area contributed by atoms with E-state index in [4.69, 9.17) is 4.74 Å². The second kappa shape index (κ2) is 8.48. The Hall–Kier alpha value is -2.04. The van der Waals surface area contributed by atoms with Gasteiger partial charge in [-0.2, -0.15) is 0 Å². The van der Waals surface area contributed by atoms with E-state index in [2.05, 4.69) is 26.1 Å². The first-order valence-corrected chi connectivity index (χ1v) is 12.0. The number of rotatable bonds is 5. The van der Waals surface area contributed by atoms with Gasteiger partial charge < -0.3 is 15.0 Å². The van der Waals surface area contributed by atoms with Crippen molar-refractivity contribution in [2.75, 3.05) is 11.9 Å². The molecule has 1 aromatic carbocycles. The van der Waals surface area contributed by atoms with Crippen LogP contribution >= 0.6 is 0 Å². The zero-order valence-corrected chi connectivity index (χ0v) is 19.6. The highest BCUT2D eigenvalue weighted by Crippen LogP contribution is 2.66. The molecule has 0 saturated heterocycles. The summed E-state index contributed by atoms with van der Waals surface area (Å²) in [6, 6.07) is 7.66. The van der Waals surface area contributed by atoms with Crippen LogP contribution in [0.5, 0.6) is 0 Å². The van der Waals surface area contributed by atoms with Gasteiger partial charge in [0.25, 0.3) is 0 Å². The van der Waals surface area contributed by atoms with E-state index in [1.165, 1.54) is 12.8 Å². The summed E-state index contributed by atoms with van der Waals surface area (Å²) in [6.45, 7) is 8.97. The van der Waals surface area contributed by atoms with E-state index in [0.717, 1.165) is 49.8 Å². The first kappa shape index (κ1) is 22.2. The molecule has 0 aliphatic heterocycles. The number of amides is 2. The van der Waals surface area contributed by atoms with Crippen molar-refractivity contribution in [1.82, 2.24) is 4.90 Å². The molecule has 4 rings (SSSR count). The van der Waals surface area contributed by atoms with E-state index < -0.39 is 0 Å². The van der Waals surface area contributed by atoms with E-state index in [1.54, 1.807) is 4.90 Å². The number of hydrogen-bond donors (Lipinski definition) is 1. The second-order valence-corrected chi connectivity index (χ2v) is 10.8. The highest BCUT2D eigenvalue weighted by molar-refractivity contribution is 5.91. The number of aryl methyl sites for hydroxylation is 1. The Labute approximate surface area is 186 Å². The van der Waals surface area contributed by atoms with Gasteiger partial charge in [-0.3, -0.25) is 4.79 Å². The van der Waals surface area contributed by atoms with Crippen LogP contribution in [0.25, 0.3) is 0 Å². The van der Waals surface area contributed by atoms with E-state index in [-0.39, 0.29) is 41.5 Å². The van der Waals surface area contributed by atoms with Gasteiger partial charge in [0, 0.05) is 17.1 Å². The Morgan fingerprint density at radius 3 is 2.32 bits per heavy atom. The number of fused-ring (bicyclic) bond motifs is 2. The molecular formula is C26H38N2O3. The molecule has 3 atom stereocenters. The third-order valence-electron chi connectivity index (χ3n) is 8.87. The number of carbonyl (C=O) groups excluding carboxylic acids is 2. The summed E-state index contributed by atoms with van der Waals surface area (Å²) in [6.07, 6.45) is 8.56. The monoisotopic (exact) mass is 426 g/mol. The number of carbonyl (C=O) groups is 2. The normalized spacial score (nSPS) is 29.5. The van der Waals surface area contributed by atoms with Crippen LogP contribution in [0.1, 0.15) is 77.7 Å². The van der Waals surface area contributed by atoms with Gasteiger partial charge in [-0.05, 0) is 62.5 Å². The fraction of sp³-hybridized carbons (Fsp3) is 0.692. The molecule has 5 heteroatoms. The lowest BCUT2D eigenvalue weighted by Crippen LogP contribution is -2.48. The predicted molar refractivity (Wildman–Crippen MR) is 123 cm³/mol. The summed E-state index contributed by atoms with van der Waals surface area (Å²) in [5.74, 6) is 0.355. The highest BCUT2D eigenvalue weighted by Gasteiger charge is 2.62. The fourth-order valence-corrected chi connectivity index (χ4v) is 6.24. The Morgan fingerprint density at radius 2 is 1.74 bits per heavy atom. The van der Waals surface area contributed by atoms with Crippen molar-refractivity contribution in [3.63, 3.8) is 0 Å². The molecule has 2 amide bonds. The predicted octanol–water partition coefficient (Wildman–Crippen LogP) is 5.92. The van der Waals surface area contributed by atoms with Gasteiger partial charge >= 0.3 is 12.0 Å². The number of urea groups is 1. The zero-order chi connectivity index (χ0) is 22.2. The molecular weight excluding hydrogens is 388 g/mol. The summed E-state index contributed by atoms with van der Waals surface area (Å²) < 4.78 is 6.06. The van der Waals surface area contributed by atoms with Crippen LogP contribution in [0.4, 0.5) is 10.5 Å². The molecule has 2 bridgehead atoms. The molecule has 31 heavy (non-hydrogen) atoms. The molecule has 0 heterocycles. The molecule has 5 nitrogen and oxygen atoms in total. The van der Waals surface area contributed by atoms with Crippen LogP contribution in [0.2, 0.25) is 0 Å². The minimum absolute atomic E-state index is 0.0278. The van der Waals surface area contributed by atoms with Gasteiger partial charge in [0.05, 0.1) is 0 Å². The van der Waals surface area contributed by atoms with Crippen molar-refractivity contribution in [3.8, 4) is 0 Å². The molecule has 0 unspecified atom stereocenters. The number of ether oxygens (including phenoxy) is 1. The topological polar surface area (TPSA) is 58.6 Å². The fourth-order valence-electron chi connectivity index (χ4n) is 6.24. The van der Waals surface area contributed by atoms with Gasteiger partial charge in [0.1, 0.15) is 12.6 Å². The van der Waals surface area contributed by atoms with Gasteiger partial charge in [-0.15, -0.1) is 0 Å². The molecule has 3 aliphatic rings. The van der Waals surface area contributed by atoms with Crippen LogP contribution < -0.4 is 5.32 Å². The van der Waals surface area contributed by atoms with Crippen LogP contribution in [-0.4, -0.2) is 35.6 Å². The third-order valence-corrected chi connectivity index (χ3v) is 8.87. The highest BCUT2D eigenvalue weighted by atomic mass is 16.5. The number of nitrogens with one attached hydrogen (secondary N) is 1. The van der Waals surface area contributed by atoms with Crippen molar-refractivity contribution in [2.24, 2.45) is 16.7 Å². The first-order chi connectivity index (χ1) is 14.7. The molecule has 0 spiro atoms. The summed E-state index contributed by atoms with van der Waals surface area (Å²) in [5, 5.41) is 2.99. The van der Waals surface area contributed by atoms with Crippen LogP contribution in [0, 0.1) is 23.7 Å². The van der Waals surface area contributed by atoms with E-state index in [9.17, 15) is 9.59 Å². The SMILES string of the molecule is Cc1ccc(NC(=O)N(CC(=O)O[C@@H]2C[C@@H]3CC[C@@]2(C)C3(C)C)C2CCCCC2)cc1. The number of benzene rings is 1.